The van der Waals surface area contributed by atoms with Gasteiger partial charge in [-0.3, -0.25) is 4.79 Å². The number of nitrogens with two attached hydrogens (primary N) is 1. The second-order valence-corrected chi connectivity index (χ2v) is 4.07. The maximum Gasteiger partial charge on any atom is 0.270 e. The third-order valence-electron chi connectivity index (χ3n) is 2.58. The van der Waals surface area contributed by atoms with Gasteiger partial charge in [0.15, 0.2) is 0 Å². The number of rotatable bonds is 6. The molecule has 1 amide bonds. The van der Waals surface area contributed by atoms with Crippen LogP contribution < -0.4 is 5.73 Å². The monoisotopic (exact) mass is 239 g/mol. The van der Waals surface area contributed by atoms with Crippen LogP contribution in [-0.2, 0) is 11.3 Å². The molecule has 96 valence electrons. The highest BCUT2D eigenvalue weighted by molar-refractivity contribution is 5.93. The number of hydrogen-bond acceptors (Lipinski definition) is 3. The summed E-state index contributed by atoms with van der Waals surface area (Å²) in [5.74, 6) is -0.0211. The van der Waals surface area contributed by atoms with Crippen LogP contribution >= 0.6 is 0 Å². The maximum absolute atomic E-state index is 12.2. The van der Waals surface area contributed by atoms with Crippen molar-refractivity contribution in [2.24, 2.45) is 0 Å². The van der Waals surface area contributed by atoms with Crippen molar-refractivity contribution in [1.82, 2.24) is 9.47 Å². The predicted molar refractivity (Wildman–Crippen MR) is 68.0 cm³/mol. The van der Waals surface area contributed by atoms with Crippen molar-refractivity contribution in [2.45, 2.75) is 19.9 Å². The van der Waals surface area contributed by atoms with Crippen LogP contribution in [0, 0.1) is 0 Å². The molecule has 1 heterocycles. The molecule has 0 atom stereocenters. The molecule has 1 aromatic heterocycles. The van der Waals surface area contributed by atoms with E-state index in [-0.39, 0.29) is 5.91 Å². The Balaban J connectivity index is 2.79. The summed E-state index contributed by atoms with van der Waals surface area (Å²) in [5.41, 5.74) is 7.00. The Morgan fingerprint density at radius 1 is 1.59 bits per heavy atom. The number of amides is 1. The zero-order chi connectivity index (χ0) is 12.8. The maximum atomic E-state index is 12.2. The van der Waals surface area contributed by atoms with Gasteiger partial charge in [-0.1, -0.05) is 6.92 Å². The van der Waals surface area contributed by atoms with Crippen LogP contribution in [0.3, 0.4) is 0 Å². The fraction of sp³-hybridized carbons (Fsp3) is 0.583. The first-order chi connectivity index (χ1) is 8.10. The summed E-state index contributed by atoms with van der Waals surface area (Å²) in [6.07, 6.45) is 2.77. The molecule has 0 unspecified atom stereocenters. The van der Waals surface area contributed by atoms with E-state index < -0.39 is 0 Å². The number of ether oxygens (including phenoxy) is 1. The Hall–Kier alpha value is -1.49. The first kappa shape index (κ1) is 13.6. The molecule has 1 aromatic rings. The van der Waals surface area contributed by atoms with Crippen molar-refractivity contribution in [3.05, 3.63) is 18.0 Å². The average Bonchev–Trinajstić information content (AvgIpc) is 2.66. The van der Waals surface area contributed by atoms with E-state index in [1.807, 2.05) is 4.57 Å². The molecule has 0 saturated heterocycles. The van der Waals surface area contributed by atoms with Gasteiger partial charge < -0.3 is 19.9 Å². The highest BCUT2D eigenvalue weighted by Gasteiger charge is 2.16. The number of methoxy groups -OCH3 is 1. The summed E-state index contributed by atoms with van der Waals surface area (Å²) >= 11 is 0. The summed E-state index contributed by atoms with van der Waals surface area (Å²) < 4.78 is 6.86. The molecule has 5 heteroatoms. The van der Waals surface area contributed by atoms with Gasteiger partial charge in [0, 0.05) is 33.4 Å². The van der Waals surface area contributed by atoms with Gasteiger partial charge >= 0.3 is 0 Å². The number of nitrogen functional groups attached to an aromatic ring is 1. The van der Waals surface area contributed by atoms with Gasteiger partial charge in [-0.15, -0.1) is 0 Å². The summed E-state index contributed by atoms with van der Waals surface area (Å²) in [5, 5.41) is 0. The molecule has 0 aliphatic heterocycles. The highest BCUT2D eigenvalue weighted by Crippen LogP contribution is 2.13. The van der Waals surface area contributed by atoms with E-state index in [0.717, 1.165) is 13.0 Å². The quantitative estimate of drug-likeness (QED) is 0.811. The lowest BCUT2D eigenvalue weighted by Crippen LogP contribution is -2.31. The lowest BCUT2D eigenvalue weighted by Gasteiger charge is -2.17. The molecular formula is C12H21N3O2. The van der Waals surface area contributed by atoms with E-state index in [1.54, 1.807) is 31.3 Å². The number of aryl methyl sites for hydroxylation is 1. The van der Waals surface area contributed by atoms with E-state index in [9.17, 15) is 4.79 Å². The van der Waals surface area contributed by atoms with Crippen molar-refractivity contribution in [2.75, 3.05) is 33.0 Å². The summed E-state index contributed by atoms with van der Waals surface area (Å²) in [6, 6.07) is 1.72. The SMILES string of the molecule is CCCn1cc(N)cc1C(=O)N(C)CCOC. The smallest absolute Gasteiger partial charge is 0.270 e. The first-order valence-electron chi connectivity index (χ1n) is 5.80. The average molecular weight is 239 g/mol. The number of carbonyl (C=O) groups excluding carboxylic acids is 1. The van der Waals surface area contributed by atoms with Crippen LogP contribution in [0.15, 0.2) is 12.3 Å². The fourth-order valence-corrected chi connectivity index (χ4v) is 1.66. The van der Waals surface area contributed by atoms with Crippen molar-refractivity contribution >= 4 is 11.6 Å². The second-order valence-electron chi connectivity index (χ2n) is 4.07. The van der Waals surface area contributed by atoms with Crippen LogP contribution in [0.1, 0.15) is 23.8 Å². The van der Waals surface area contributed by atoms with Crippen LogP contribution in [0.4, 0.5) is 5.69 Å². The molecule has 0 bridgehead atoms. The minimum absolute atomic E-state index is 0.0211. The van der Waals surface area contributed by atoms with E-state index in [2.05, 4.69) is 6.92 Å². The van der Waals surface area contributed by atoms with Gasteiger partial charge in [0.1, 0.15) is 5.69 Å². The van der Waals surface area contributed by atoms with Crippen LogP contribution in [0.2, 0.25) is 0 Å². The zero-order valence-electron chi connectivity index (χ0n) is 10.8. The highest BCUT2D eigenvalue weighted by atomic mass is 16.5. The number of anilines is 1. The molecular weight excluding hydrogens is 218 g/mol. The number of nitrogens with zero attached hydrogens (tertiary/aromatic N) is 2. The third-order valence-corrected chi connectivity index (χ3v) is 2.58. The van der Waals surface area contributed by atoms with Crippen molar-refractivity contribution < 1.29 is 9.53 Å². The van der Waals surface area contributed by atoms with Crippen LogP contribution in [0.25, 0.3) is 0 Å². The molecule has 2 N–H and O–H groups in total. The Morgan fingerprint density at radius 3 is 2.88 bits per heavy atom. The number of carbonyl (C=O) groups is 1. The number of likely N-dealkylation sites (N-methyl/N-ethyl adjacent to an activating group) is 1. The first-order valence-corrected chi connectivity index (χ1v) is 5.80. The van der Waals surface area contributed by atoms with Gasteiger partial charge in [0.25, 0.3) is 5.91 Å². The summed E-state index contributed by atoms with van der Waals surface area (Å²) in [6.45, 7) is 3.98. The minimum atomic E-state index is -0.0211. The summed E-state index contributed by atoms with van der Waals surface area (Å²) in [4.78, 5) is 13.8. The molecule has 17 heavy (non-hydrogen) atoms. The lowest BCUT2D eigenvalue weighted by atomic mass is 10.3. The molecule has 1 rings (SSSR count). The fourth-order valence-electron chi connectivity index (χ4n) is 1.66. The Bertz CT molecular complexity index is 374. The van der Waals surface area contributed by atoms with E-state index in [1.165, 1.54) is 0 Å². The van der Waals surface area contributed by atoms with E-state index >= 15 is 0 Å². The number of hydrogen-bond donors (Lipinski definition) is 1. The molecule has 5 nitrogen and oxygen atoms in total. The molecule has 0 aliphatic rings. The summed E-state index contributed by atoms with van der Waals surface area (Å²) in [7, 11) is 3.39. The molecule has 0 aromatic carbocycles. The zero-order valence-corrected chi connectivity index (χ0v) is 10.8. The van der Waals surface area contributed by atoms with Gasteiger partial charge in [-0.25, -0.2) is 0 Å². The van der Waals surface area contributed by atoms with Gasteiger partial charge in [-0.2, -0.15) is 0 Å². The molecule has 0 saturated carbocycles. The van der Waals surface area contributed by atoms with Crippen LogP contribution in [0.5, 0.6) is 0 Å². The third kappa shape index (κ3) is 3.49. The van der Waals surface area contributed by atoms with Gasteiger partial charge in [-0.05, 0) is 12.5 Å². The van der Waals surface area contributed by atoms with Crippen molar-refractivity contribution in [3.8, 4) is 0 Å². The molecule has 0 radical (unpaired) electrons. The Kier molecular flexibility index (Phi) is 5.03. The number of aromatic nitrogens is 1. The second kappa shape index (κ2) is 6.30. The molecule has 0 fully saturated rings. The lowest BCUT2D eigenvalue weighted by molar-refractivity contribution is 0.0733. The van der Waals surface area contributed by atoms with E-state index in [4.69, 9.17) is 10.5 Å². The molecule has 0 aliphatic carbocycles. The molecule has 0 spiro atoms. The van der Waals surface area contributed by atoms with Gasteiger partial charge in [0.05, 0.1) is 12.3 Å². The minimum Gasteiger partial charge on any atom is -0.397 e. The van der Waals surface area contributed by atoms with Crippen LogP contribution in [-0.4, -0.2) is 42.7 Å². The normalized spacial score (nSPS) is 10.5. The Labute approximate surface area is 102 Å². The standard InChI is InChI=1S/C12H21N3O2/c1-4-5-15-9-10(13)8-11(15)12(16)14(2)6-7-17-3/h8-9H,4-7,13H2,1-3H3. The topological polar surface area (TPSA) is 60.5 Å². The Morgan fingerprint density at radius 2 is 2.29 bits per heavy atom. The van der Waals surface area contributed by atoms with Gasteiger partial charge in [0.2, 0.25) is 0 Å². The van der Waals surface area contributed by atoms with E-state index in [0.29, 0.717) is 24.5 Å². The van der Waals surface area contributed by atoms with Crippen molar-refractivity contribution in [1.29, 1.82) is 0 Å². The largest absolute Gasteiger partial charge is 0.397 e. The van der Waals surface area contributed by atoms with Crippen molar-refractivity contribution in [3.63, 3.8) is 0 Å². The predicted octanol–water partition coefficient (Wildman–Crippen LogP) is 1.20.